The minimum atomic E-state index is -0.286. The number of aromatic nitrogens is 1. The highest BCUT2D eigenvalue weighted by Crippen LogP contribution is 2.39. The number of aryl methyl sites for hydroxylation is 1. The number of carbonyl (C=O) groups is 1. The van der Waals surface area contributed by atoms with E-state index in [1.54, 1.807) is 4.90 Å². The second-order valence-corrected chi connectivity index (χ2v) is 8.28. The maximum absolute atomic E-state index is 12.8. The molecule has 0 radical (unpaired) electrons. The molecule has 1 saturated heterocycles. The van der Waals surface area contributed by atoms with Crippen molar-refractivity contribution in [3.05, 3.63) is 17.5 Å². The van der Waals surface area contributed by atoms with Crippen LogP contribution in [0, 0.1) is 12.3 Å². The van der Waals surface area contributed by atoms with Crippen LogP contribution in [-0.4, -0.2) is 85.6 Å². The van der Waals surface area contributed by atoms with E-state index in [-0.39, 0.29) is 35.3 Å². The van der Waals surface area contributed by atoms with Crippen molar-refractivity contribution in [1.82, 2.24) is 25.2 Å². The van der Waals surface area contributed by atoms with Gasteiger partial charge in [-0.25, -0.2) is 0 Å². The highest BCUT2D eigenvalue weighted by molar-refractivity contribution is 14.0. The first kappa shape index (κ1) is 23.9. The van der Waals surface area contributed by atoms with Crippen LogP contribution in [0.2, 0.25) is 0 Å². The van der Waals surface area contributed by atoms with Crippen LogP contribution < -0.4 is 5.32 Å². The minimum Gasteiger partial charge on any atom is -0.361 e. The molecular weight excluding hydrogens is 483 g/mol. The van der Waals surface area contributed by atoms with Gasteiger partial charge in [0.1, 0.15) is 5.76 Å². The largest absolute Gasteiger partial charge is 0.361 e. The lowest BCUT2D eigenvalue weighted by Crippen LogP contribution is -2.54. The first-order valence-electron chi connectivity index (χ1n) is 10.3. The Hall–Kier alpha value is -1.36. The summed E-state index contributed by atoms with van der Waals surface area (Å²) in [7, 11) is 5.53. The fourth-order valence-electron chi connectivity index (χ4n) is 4.41. The molecule has 1 N–H and O–H groups in total. The second kappa shape index (κ2) is 10.6. The number of piperazine rings is 1. The Labute approximate surface area is 191 Å². The molecule has 164 valence electrons. The zero-order valence-electron chi connectivity index (χ0n) is 18.1. The maximum atomic E-state index is 12.8. The van der Waals surface area contributed by atoms with Crippen molar-refractivity contribution in [2.45, 2.75) is 39.2 Å². The molecule has 1 aromatic rings. The molecule has 8 nitrogen and oxygen atoms in total. The fourth-order valence-corrected chi connectivity index (χ4v) is 4.41. The second-order valence-electron chi connectivity index (χ2n) is 8.28. The van der Waals surface area contributed by atoms with E-state index in [9.17, 15) is 4.79 Å². The molecule has 0 atom stereocenters. The van der Waals surface area contributed by atoms with Crippen LogP contribution in [0.3, 0.4) is 0 Å². The van der Waals surface area contributed by atoms with Gasteiger partial charge >= 0.3 is 0 Å². The van der Waals surface area contributed by atoms with E-state index >= 15 is 0 Å². The van der Waals surface area contributed by atoms with E-state index in [1.165, 1.54) is 0 Å². The zero-order valence-corrected chi connectivity index (χ0v) is 20.4. The molecule has 1 aromatic heterocycles. The molecular formula is C20H35IN6O2. The van der Waals surface area contributed by atoms with Crippen LogP contribution in [0.15, 0.2) is 15.6 Å². The van der Waals surface area contributed by atoms with Gasteiger partial charge in [-0.2, -0.15) is 0 Å². The Morgan fingerprint density at radius 1 is 1.28 bits per heavy atom. The predicted molar refractivity (Wildman–Crippen MR) is 124 cm³/mol. The van der Waals surface area contributed by atoms with Crippen molar-refractivity contribution >= 4 is 35.8 Å². The highest BCUT2D eigenvalue weighted by atomic mass is 127. The number of aliphatic imine (C=N–C) groups is 1. The Morgan fingerprint density at radius 3 is 2.45 bits per heavy atom. The number of rotatable bonds is 5. The number of nitrogens with one attached hydrogen (secondary N) is 1. The third-order valence-corrected chi connectivity index (χ3v) is 5.95. The summed E-state index contributed by atoms with van der Waals surface area (Å²) in [5.41, 5.74) is 0.699. The first-order chi connectivity index (χ1) is 13.4. The van der Waals surface area contributed by atoms with Crippen LogP contribution in [0.1, 0.15) is 37.1 Å². The molecule has 29 heavy (non-hydrogen) atoms. The van der Waals surface area contributed by atoms with Crippen molar-refractivity contribution in [2.24, 2.45) is 10.4 Å². The topological polar surface area (TPSA) is 77.2 Å². The van der Waals surface area contributed by atoms with Gasteiger partial charge in [0.05, 0.1) is 11.1 Å². The number of guanidine groups is 1. The Bertz CT molecular complexity index is 691. The molecule has 2 aliphatic rings. The standard InChI is InChI=1S/C20H34N6O2.HI/c1-16-13-17(23-28-16)14-25-9-11-26(12-10-25)19(21-2)22-15-20(7-5-6-8-20)18(27)24(3)4;/h13H,5-12,14-15H2,1-4H3,(H,21,22);1H. The number of halogens is 1. The van der Waals surface area contributed by atoms with Crippen LogP contribution >= 0.6 is 24.0 Å². The molecule has 1 amide bonds. The smallest absolute Gasteiger partial charge is 0.230 e. The summed E-state index contributed by atoms with van der Waals surface area (Å²) in [5, 5.41) is 7.60. The normalized spacial score (nSPS) is 19.7. The van der Waals surface area contributed by atoms with Gasteiger partial charge in [0, 0.05) is 66.5 Å². The summed E-state index contributed by atoms with van der Waals surface area (Å²) in [6, 6.07) is 2.00. The van der Waals surface area contributed by atoms with Gasteiger partial charge in [0.15, 0.2) is 5.96 Å². The summed E-state index contributed by atoms with van der Waals surface area (Å²) >= 11 is 0. The van der Waals surface area contributed by atoms with Gasteiger partial charge in [-0.3, -0.25) is 14.7 Å². The Kier molecular flexibility index (Phi) is 8.74. The molecule has 0 aromatic carbocycles. The first-order valence-corrected chi connectivity index (χ1v) is 10.3. The van der Waals surface area contributed by atoms with Crippen LogP contribution in [-0.2, 0) is 11.3 Å². The molecule has 1 saturated carbocycles. The molecule has 9 heteroatoms. The number of hydrogen-bond acceptors (Lipinski definition) is 5. The summed E-state index contributed by atoms with van der Waals surface area (Å²) in [5.74, 6) is 1.99. The molecule has 2 heterocycles. The molecule has 0 bridgehead atoms. The Morgan fingerprint density at radius 2 is 1.93 bits per heavy atom. The lowest BCUT2D eigenvalue weighted by Gasteiger charge is -2.38. The van der Waals surface area contributed by atoms with Crippen molar-refractivity contribution in [2.75, 3.05) is 53.9 Å². The molecule has 1 aliphatic heterocycles. The van der Waals surface area contributed by atoms with Crippen LogP contribution in [0.25, 0.3) is 0 Å². The van der Waals surface area contributed by atoms with Gasteiger partial charge in [-0.1, -0.05) is 18.0 Å². The van der Waals surface area contributed by atoms with Crippen LogP contribution in [0.5, 0.6) is 0 Å². The SMILES string of the molecule is CN=C(NCC1(C(=O)N(C)C)CCCC1)N1CCN(Cc2cc(C)on2)CC1.I. The average Bonchev–Trinajstić information content (AvgIpc) is 3.32. The van der Waals surface area contributed by atoms with Crippen molar-refractivity contribution in [1.29, 1.82) is 0 Å². The van der Waals surface area contributed by atoms with E-state index in [2.05, 4.69) is 25.3 Å². The fraction of sp³-hybridized carbons (Fsp3) is 0.750. The third-order valence-electron chi connectivity index (χ3n) is 5.95. The number of amides is 1. The Balaban J connectivity index is 0.00000300. The van der Waals surface area contributed by atoms with E-state index in [0.29, 0.717) is 6.54 Å². The molecule has 2 fully saturated rings. The molecule has 0 unspecified atom stereocenters. The van der Waals surface area contributed by atoms with E-state index in [1.807, 2.05) is 34.1 Å². The highest BCUT2D eigenvalue weighted by Gasteiger charge is 2.42. The lowest BCUT2D eigenvalue weighted by molar-refractivity contribution is -0.138. The summed E-state index contributed by atoms with van der Waals surface area (Å²) in [6.45, 7) is 7.12. The van der Waals surface area contributed by atoms with Gasteiger partial charge in [0.2, 0.25) is 5.91 Å². The van der Waals surface area contributed by atoms with Crippen LogP contribution in [0.4, 0.5) is 0 Å². The average molecular weight is 518 g/mol. The van der Waals surface area contributed by atoms with E-state index in [0.717, 1.165) is 75.8 Å². The summed E-state index contributed by atoms with van der Waals surface area (Å²) in [4.78, 5) is 23.7. The van der Waals surface area contributed by atoms with Gasteiger partial charge in [-0.15, -0.1) is 24.0 Å². The number of carbonyl (C=O) groups excluding carboxylic acids is 1. The zero-order chi connectivity index (χ0) is 20.1. The number of hydrogen-bond donors (Lipinski definition) is 1. The third kappa shape index (κ3) is 5.84. The molecule has 1 aliphatic carbocycles. The minimum absolute atomic E-state index is 0. The van der Waals surface area contributed by atoms with Crippen molar-refractivity contribution < 1.29 is 9.32 Å². The summed E-state index contributed by atoms with van der Waals surface area (Å²) < 4.78 is 5.16. The van der Waals surface area contributed by atoms with E-state index < -0.39 is 0 Å². The quantitative estimate of drug-likeness (QED) is 0.365. The molecule has 0 spiro atoms. The summed E-state index contributed by atoms with van der Waals surface area (Å²) in [6.07, 6.45) is 4.16. The number of nitrogens with zero attached hydrogens (tertiary/aromatic N) is 5. The van der Waals surface area contributed by atoms with Gasteiger partial charge < -0.3 is 19.6 Å². The van der Waals surface area contributed by atoms with Gasteiger partial charge in [-0.05, 0) is 19.8 Å². The predicted octanol–water partition coefficient (Wildman–Crippen LogP) is 1.94. The lowest BCUT2D eigenvalue weighted by atomic mass is 9.84. The van der Waals surface area contributed by atoms with E-state index in [4.69, 9.17) is 4.52 Å². The van der Waals surface area contributed by atoms with Gasteiger partial charge in [0.25, 0.3) is 0 Å². The van der Waals surface area contributed by atoms with Crippen molar-refractivity contribution in [3.8, 4) is 0 Å². The van der Waals surface area contributed by atoms with Crippen molar-refractivity contribution in [3.63, 3.8) is 0 Å². The monoisotopic (exact) mass is 518 g/mol. The molecule has 3 rings (SSSR count). The maximum Gasteiger partial charge on any atom is 0.230 e.